The highest BCUT2D eigenvalue weighted by atomic mass is 16.4. The molecule has 0 aliphatic carbocycles. The third kappa shape index (κ3) is 6.34. The first-order chi connectivity index (χ1) is 5.87. The molecule has 13 heavy (non-hydrogen) atoms. The van der Waals surface area contributed by atoms with Crippen molar-refractivity contribution in [1.82, 2.24) is 0 Å². The number of hydrogen-bond donors (Lipinski definition) is 2. The summed E-state index contributed by atoms with van der Waals surface area (Å²) in [4.78, 5) is 10.7. The van der Waals surface area contributed by atoms with E-state index in [2.05, 4.69) is 6.58 Å². The van der Waals surface area contributed by atoms with E-state index in [1.807, 2.05) is 0 Å². The molecule has 1 unspecified atom stereocenters. The predicted molar refractivity (Wildman–Crippen MR) is 51.5 cm³/mol. The summed E-state index contributed by atoms with van der Waals surface area (Å²) < 4.78 is 0. The maximum absolute atomic E-state index is 10.7. The molecule has 0 amide bonds. The average Bonchev–Trinajstić information content (AvgIpc) is 1.95. The van der Waals surface area contributed by atoms with E-state index in [9.17, 15) is 9.90 Å². The van der Waals surface area contributed by atoms with Gasteiger partial charge in [-0.25, -0.2) is 0 Å². The Morgan fingerprint density at radius 3 is 2.46 bits per heavy atom. The number of hydrogen-bond acceptors (Lipinski definition) is 2. The van der Waals surface area contributed by atoms with Crippen LogP contribution >= 0.6 is 0 Å². The van der Waals surface area contributed by atoms with Crippen LogP contribution in [0.2, 0.25) is 0 Å². The van der Waals surface area contributed by atoms with Crippen LogP contribution in [0.4, 0.5) is 0 Å². The lowest BCUT2D eigenvalue weighted by Gasteiger charge is -2.19. The second-order valence-corrected chi connectivity index (χ2v) is 3.91. The van der Waals surface area contributed by atoms with Crippen molar-refractivity contribution in [1.29, 1.82) is 0 Å². The fourth-order valence-electron chi connectivity index (χ4n) is 1.07. The molecular formula is C10H18O3. The van der Waals surface area contributed by atoms with Gasteiger partial charge in [-0.15, -0.1) is 6.58 Å². The number of carboxylic acid groups (broad SMARTS) is 1. The molecule has 0 rings (SSSR count). The topological polar surface area (TPSA) is 57.5 Å². The lowest BCUT2D eigenvalue weighted by atomic mass is 9.93. The number of carboxylic acids is 1. The minimum Gasteiger partial charge on any atom is -0.481 e. The number of aliphatic hydroxyl groups is 1. The van der Waals surface area contributed by atoms with Gasteiger partial charge in [-0.05, 0) is 33.1 Å². The van der Waals surface area contributed by atoms with E-state index in [0.29, 0.717) is 19.3 Å². The van der Waals surface area contributed by atoms with Gasteiger partial charge in [0.25, 0.3) is 0 Å². The van der Waals surface area contributed by atoms with Crippen LogP contribution in [0.5, 0.6) is 0 Å². The minimum atomic E-state index is -0.816. The molecule has 0 aromatic carbocycles. The van der Waals surface area contributed by atoms with Crippen molar-refractivity contribution in [3.63, 3.8) is 0 Å². The molecule has 0 fully saturated rings. The maximum Gasteiger partial charge on any atom is 0.306 e. The molecule has 0 aromatic heterocycles. The summed E-state index contributed by atoms with van der Waals surface area (Å²) in [6.07, 6.45) is 3.05. The molecule has 0 radical (unpaired) electrons. The molecule has 0 aliphatic rings. The quantitative estimate of drug-likeness (QED) is 0.622. The Hall–Kier alpha value is -0.830. The second-order valence-electron chi connectivity index (χ2n) is 3.91. The first-order valence-corrected chi connectivity index (χ1v) is 4.43. The molecular weight excluding hydrogens is 168 g/mol. The van der Waals surface area contributed by atoms with Crippen LogP contribution in [0.15, 0.2) is 12.7 Å². The number of allylic oxidation sites excluding steroid dienone is 1. The van der Waals surface area contributed by atoms with E-state index in [0.717, 1.165) is 0 Å². The van der Waals surface area contributed by atoms with Gasteiger partial charge in [-0.2, -0.15) is 0 Å². The monoisotopic (exact) mass is 186 g/mol. The Morgan fingerprint density at radius 1 is 1.62 bits per heavy atom. The van der Waals surface area contributed by atoms with Gasteiger partial charge in [0, 0.05) is 0 Å². The molecule has 0 heterocycles. The first-order valence-electron chi connectivity index (χ1n) is 4.43. The summed E-state index contributed by atoms with van der Waals surface area (Å²) in [5, 5.41) is 18.2. The molecule has 3 heteroatoms. The highest BCUT2D eigenvalue weighted by Crippen LogP contribution is 2.18. The van der Waals surface area contributed by atoms with E-state index in [1.54, 1.807) is 19.9 Å². The van der Waals surface area contributed by atoms with Crippen molar-refractivity contribution in [3.05, 3.63) is 12.7 Å². The number of aliphatic carboxylic acids is 1. The van der Waals surface area contributed by atoms with Crippen molar-refractivity contribution in [3.8, 4) is 0 Å². The highest BCUT2D eigenvalue weighted by molar-refractivity contribution is 5.70. The fraction of sp³-hybridized carbons (Fsp3) is 0.700. The Balaban J connectivity index is 3.97. The van der Waals surface area contributed by atoms with E-state index in [-0.39, 0.29) is 0 Å². The third-order valence-electron chi connectivity index (χ3n) is 1.91. The zero-order valence-corrected chi connectivity index (χ0v) is 8.29. The van der Waals surface area contributed by atoms with Crippen LogP contribution < -0.4 is 0 Å². The van der Waals surface area contributed by atoms with Gasteiger partial charge < -0.3 is 10.2 Å². The smallest absolute Gasteiger partial charge is 0.306 e. The number of carbonyl (C=O) groups is 1. The number of rotatable bonds is 6. The van der Waals surface area contributed by atoms with Gasteiger partial charge in [0.1, 0.15) is 0 Å². The van der Waals surface area contributed by atoms with Crippen LogP contribution in [0.25, 0.3) is 0 Å². The third-order valence-corrected chi connectivity index (χ3v) is 1.91. The van der Waals surface area contributed by atoms with Gasteiger partial charge in [0.05, 0.1) is 11.5 Å². The zero-order chi connectivity index (χ0) is 10.5. The van der Waals surface area contributed by atoms with Crippen molar-refractivity contribution in [2.24, 2.45) is 5.92 Å². The minimum absolute atomic E-state index is 0.413. The van der Waals surface area contributed by atoms with Crippen LogP contribution in [0, 0.1) is 5.92 Å². The summed E-state index contributed by atoms with van der Waals surface area (Å²) >= 11 is 0. The van der Waals surface area contributed by atoms with Crippen LogP contribution in [0.1, 0.15) is 33.1 Å². The Kier molecular flexibility index (Phi) is 4.70. The van der Waals surface area contributed by atoms with Gasteiger partial charge in [-0.1, -0.05) is 6.08 Å². The van der Waals surface area contributed by atoms with Crippen LogP contribution in [-0.4, -0.2) is 21.8 Å². The normalized spacial score (nSPS) is 13.8. The van der Waals surface area contributed by atoms with Crippen LogP contribution in [-0.2, 0) is 4.79 Å². The van der Waals surface area contributed by atoms with E-state index < -0.39 is 17.5 Å². The van der Waals surface area contributed by atoms with Crippen molar-refractivity contribution >= 4 is 5.97 Å². The molecule has 0 bridgehead atoms. The summed E-state index contributed by atoms with van der Waals surface area (Å²) in [5.41, 5.74) is -0.783. The van der Waals surface area contributed by atoms with Gasteiger partial charge >= 0.3 is 5.97 Å². The maximum atomic E-state index is 10.7. The molecule has 2 N–H and O–H groups in total. The molecule has 0 aliphatic heterocycles. The summed E-state index contributed by atoms with van der Waals surface area (Å²) in [6, 6.07) is 0. The second kappa shape index (κ2) is 5.02. The molecule has 76 valence electrons. The van der Waals surface area contributed by atoms with Crippen molar-refractivity contribution < 1.29 is 15.0 Å². The SMILES string of the molecule is C=CCC(CCC(C)(C)O)C(=O)O. The molecule has 3 nitrogen and oxygen atoms in total. The molecule has 1 atom stereocenters. The lowest BCUT2D eigenvalue weighted by Crippen LogP contribution is -2.22. The average molecular weight is 186 g/mol. The lowest BCUT2D eigenvalue weighted by molar-refractivity contribution is -0.142. The fourth-order valence-corrected chi connectivity index (χ4v) is 1.07. The molecule has 0 saturated heterocycles. The Labute approximate surface area is 79.1 Å². The predicted octanol–water partition coefficient (Wildman–Crippen LogP) is 1.81. The first kappa shape index (κ1) is 12.2. The highest BCUT2D eigenvalue weighted by Gasteiger charge is 2.20. The largest absolute Gasteiger partial charge is 0.481 e. The summed E-state index contributed by atoms with van der Waals surface area (Å²) in [5.74, 6) is -1.23. The molecule has 0 spiro atoms. The van der Waals surface area contributed by atoms with Crippen LogP contribution in [0.3, 0.4) is 0 Å². The van der Waals surface area contributed by atoms with E-state index >= 15 is 0 Å². The molecule has 0 saturated carbocycles. The van der Waals surface area contributed by atoms with Gasteiger partial charge in [0.2, 0.25) is 0 Å². The van der Waals surface area contributed by atoms with Crippen molar-refractivity contribution in [2.75, 3.05) is 0 Å². The summed E-state index contributed by atoms with van der Waals surface area (Å²) in [7, 11) is 0. The van der Waals surface area contributed by atoms with Gasteiger partial charge in [-0.3, -0.25) is 4.79 Å². The summed E-state index contributed by atoms with van der Waals surface area (Å²) in [6.45, 7) is 6.86. The van der Waals surface area contributed by atoms with E-state index in [1.165, 1.54) is 0 Å². The Morgan fingerprint density at radius 2 is 2.15 bits per heavy atom. The van der Waals surface area contributed by atoms with Crippen molar-refractivity contribution in [2.45, 2.75) is 38.7 Å². The molecule has 0 aromatic rings. The zero-order valence-electron chi connectivity index (χ0n) is 8.29. The van der Waals surface area contributed by atoms with E-state index in [4.69, 9.17) is 5.11 Å². The van der Waals surface area contributed by atoms with Gasteiger partial charge in [0.15, 0.2) is 0 Å². The standard InChI is InChI=1S/C10H18O3/c1-4-5-8(9(11)12)6-7-10(2,3)13/h4,8,13H,1,5-7H2,2-3H3,(H,11,12). The Bertz CT molecular complexity index is 179.